The van der Waals surface area contributed by atoms with Gasteiger partial charge in [-0.2, -0.15) is 8.42 Å². The minimum atomic E-state index is -4.67. The standard InChI is InChI=1S/H2O4S.Pb.Ti.Zr.2H/c1-5(2,3)4;;;;;/h(H2,1,2,3,4);;;;;. The van der Waals surface area contributed by atoms with E-state index >= 15 is 0 Å². The molecule has 0 aromatic rings. The summed E-state index contributed by atoms with van der Waals surface area (Å²) in [4.78, 5) is 0. The Balaban J connectivity index is -0.0000000267. The van der Waals surface area contributed by atoms with E-state index in [2.05, 4.69) is 0 Å². The summed E-state index contributed by atoms with van der Waals surface area (Å²) in [6, 6.07) is 0. The monoisotopic (exact) mass is 446 g/mol. The SMILES string of the molecule is O=S(=O)(O)O.[PbH2].[Ti].[Zr]. The number of hydrogen-bond donors (Lipinski definition) is 2. The zero-order chi connectivity index (χ0) is 4.50. The molecule has 8 heteroatoms. The summed E-state index contributed by atoms with van der Waals surface area (Å²) in [5.41, 5.74) is 0. The molecule has 0 saturated carbocycles. The first kappa shape index (κ1) is 22.4. The molecule has 0 bridgehead atoms. The smallest absolute Gasteiger partial charge is 0 e. The second kappa shape index (κ2) is 9.39. The summed E-state index contributed by atoms with van der Waals surface area (Å²) in [6.07, 6.45) is 0. The van der Waals surface area contributed by atoms with Gasteiger partial charge in [-0.25, -0.2) is 0 Å². The molecule has 0 aliphatic carbocycles. The largest absolute Gasteiger partial charge is 0 e. The molecule has 8 heavy (non-hydrogen) atoms. The van der Waals surface area contributed by atoms with Crippen LogP contribution in [0.15, 0.2) is 0 Å². The van der Waals surface area contributed by atoms with Gasteiger partial charge in [-0.1, -0.05) is 0 Å². The zero-order valence-electron chi connectivity index (χ0n) is 3.83. The first-order valence-electron chi connectivity index (χ1n) is 0.698. The van der Waals surface area contributed by atoms with Gasteiger partial charge in [-0.15, -0.1) is 0 Å². The van der Waals surface area contributed by atoms with Gasteiger partial charge in [0.05, 0.1) is 0 Å². The first-order valence-corrected chi connectivity index (χ1v) is 2.10. The average molecular weight is 446 g/mol. The van der Waals surface area contributed by atoms with Crippen LogP contribution >= 0.6 is 0 Å². The first-order chi connectivity index (χ1) is 2.00. The van der Waals surface area contributed by atoms with Crippen LogP contribution in [-0.2, 0) is 58.3 Å². The van der Waals surface area contributed by atoms with Crippen molar-refractivity contribution in [3.63, 3.8) is 0 Å². The fourth-order valence-corrected chi connectivity index (χ4v) is 0. The maximum atomic E-state index is 8.74. The van der Waals surface area contributed by atoms with Crippen molar-refractivity contribution in [2.75, 3.05) is 0 Å². The number of rotatable bonds is 0. The molecule has 0 atom stereocenters. The Morgan fingerprint density at radius 3 is 1.12 bits per heavy atom. The maximum absolute atomic E-state index is 8.74. The summed E-state index contributed by atoms with van der Waals surface area (Å²) >= 11 is 0. The van der Waals surface area contributed by atoms with Gasteiger partial charge in [0.1, 0.15) is 0 Å². The molecule has 0 heterocycles. The van der Waals surface area contributed by atoms with Crippen molar-refractivity contribution < 1.29 is 65.4 Å². The Labute approximate surface area is 102 Å². The third-order valence-corrected chi connectivity index (χ3v) is 0. The second-order valence-corrected chi connectivity index (χ2v) is 1.34. The maximum Gasteiger partial charge on any atom is 0 e. The van der Waals surface area contributed by atoms with Crippen molar-refractivity contribution >= 4 is 37.7 Å². The van der Waals surface area contributed by atoms with E-state index in [0.717, 1.165) is 0 Å². The molecule has 0 aromatic carbocycles. The fourth-order valence-electron chi connectivity index (χ4n) is 0. The van der Waals surface area contributed by atoms with E-state index in [-0.39, 0.29) is 75.2 Å². The molecule has 46 valence electrons. The summed E-state index contributed by atoms with van der Waals surface area (Å²) in [5.74, 6) is 0. The van der Waals surface area contributed by atoms with Crippen LogP contribution in [0.2, 0.25) is 0 Å². The van der Waals surface area contributed by atoms with E-state index in [1.165, 1.54) is 0 Å². The Kier molecular flexibility index (Phi) is 26.3. The third-order valence-electron chi connectivity index (χ3n) is 0. The molecule has 0 saturated heterocycles. The molecular weight excluding hydrogens is 442 g/mol. The normalized spacial score (nSPS) is 7.25. The van der Waals surface area contributed by atoms with Gasteiger partial charge in [-0.05, 0) is 0 Å². The molecule has 2 N–H and O–H groups in total. The van der Waals surface area contributed by atoms with Crippen LogP contribution in [0.3, 0.4) is 0 Å². The van der Waals surface area contributed by atoms with E-state index in [4.69, 9.17) is 17.5 Å². The van der Waals surface area contributed by atoms with Crippen molar-refractivity contribution in [2.24, 2.45) is 0 Å². The summed E-state index contributed by atoms with van der Waals surface area (Å²) in [6.45, 7) is 0. The summed E-state index contributed by atoms with van der Waals surface area (Å²) < 4.78 is 31.6. The van der Waals surface area contributed by atoms with Crippen molar-refractivity contribution in [1.29, 1.82) is 0 Å². The molecule has 0 aromatic heterocycles. The Morgan fingerprint density at radius 2 is 1.12 bits per heavy atom. The molecule has 0 fully saturated rings. The molecule has 0 aliphatic rings. The Morgan fingerprint density at radius 1 is 1.12 bits per heavy atom. The van der Waals surface area contributed by atoms with Crippen molar-refractivity contribution in [1.82, 2.24) is 0 Å². The van der Waals surface area contributed by atoms with Crippen LogP contribution in [0.4, 0.5) is 0 Å². The van der Waals surface area contributed by atoms with Gasteiger partial charge in [0, 0.05) is 47.9 Å². The topological polar surface area (TPSA) is 74.6 Å². The third kappa shape index (κ3) is 80.2. The molecule has 4 nitrogen and oxygen atoms in total. The zero-order valence-corrected chi connectivity index (χ0v) is 14.2. The van der Waals surface area contributed by atoms with Gasteiger partial charge in [0.25, 0.3) is 0 Å². The van der Waals surface area contributed by atoms with Crippen molar-refractivity contribution in [3.05, 3.63) is 0 Å². The predicted molar refractivity (Wildman–Crippen MR) is 22.7 cm³/mol. The van der Waals surface area contributed by atoms with Crippen molar-refractivity contribution in [2.45, 2.75) is 0 Å². The molecule has 0 rings (SSSR count). The van der Waals surface area contributed by atoms with E-state index < -0.39 is 10.4 Å². The van der Waals surface area contributed by atoms with Gasteiger partial charge >= 0.3 is 37.7 Å². The summed E-state index contributed by atoms with van der Waals surface area (Å²) in [5, 5.41) is 0. The van der Waals surface area contributed by atoms with Crippen LogP contribution < -0.4 is 0 Å². The van der Waals surface area contributed by atoms with Gasteiger partial charge in [0.15, 0.2) is 0 Å². The van der Waals surface area contributed by atoms with Gasteiger partial charge in [-0.3, -0.25) is 9.11 Å². The Hall–Kier alpha value is 2.39. The van der Waals surface area contributed by atoms with E-state index in [1.807, 2.05) is 0 Å². The summed E-state index contributed by atoms with van der Waals surface area (Å²) in [7, 11) is -4.67. The van der Waals surface area contributed by atoms with Gasteiger partial charge < -0.3 is 0 Å². The molecule has 0 unspecified atom stereocenters. The van der Waals surface area contributed by atoms with Crippen LogP contribution in [0.5, 0.6) is 0 Å². The van der Waals surface area contributed by atoms with E-state index in [0.29, 0.717) is 0 Å². The molecule has 2 radical (unpaired) electrons. The second-order valence-electron chi connectivity index (χ2n) is 0.448. The Bertz CT molecular complexity index is 99.2. The molecular formula is H4O4PbSTiZr. The minimum absolute atomic E-state index is 0. The van der Waals surface area contributed by atoms with E-state index in [1.54, 1.807) is 0 Å². The van der Waals surface area contributed by atoms with Crippen LogP contribution in [0.25, 0.3) is 0 Å². The quantitative estimate of drug-likeness (QED) is 0.348. The molecule has 0 aliphatic heterocycles. The van der Waals surface area contributed by atoms with E-state index in [9.17, 15) is 0 Å². The van der Waals surface area contributed by atoms with Crippen LogP contribution in [-0.4, -0.2) is 44.8 Å². The molecule has 0 amide bonds. The fraction of sp³-hybridized carbons (Fsp3) is 0. The van der Waals surface area contributed by atoms with Crippen LogP contribution in [0.1, 0.15) is 0 Å². The van der Waals surface area contributed by atoms with Crippen LogP contribution in [0, 0.1) is 0 Å². The molecule has 0 spiro atoms. The minimum Gasteiger partial charge on any atom is 0 e. The predicted octanol–water partition coefficient (Wildman–Crippen LogP) is -1.57. The average Bonchev–Trinajstić information content (AvgIpc) is 0.722. The van der Waals surface area contributed by atoms with Gasteiger partial charge in [0.2, 0.25) is 0 Å². The number of hydrogen-bond acceptors (Lipinski definition) is 2. The van der Waals surface area contributed by atoms with Crippen molar-refractivity contribution in [3.8, 4) is 0 Å².